The van der Waals surface area contributed by atoms with Gasteiger partial charge in [-0.05, 0) is 50.1 Å². The second-order valence-electron chi connectivity index (χ2n) is 6.42. The van der Waals surface area contributed by atoms with Crippen molar-refractivity contribution >= 4 is 17.3 Å². The number of benzene rings is 1. The molecule has 0 spiro atoms. The topological polar surface area (TPSA) is 38.3 Å². The van der Waals surface area contributed by atoms with E-state index in [2.05, 4.69) is 58.8 Å². The van der Waals surface area contributed by atoms with E-state index < -0.39 is 0 Å². The third-order valence-corrected chi connectivity index (χ3v) is 4.81. The first-order valence-electron chi connectivity index (χ1n) is 8.63. The van der Waals surface area contributed by atoms with Crippen molar-refractivity contribution in [1.82, 2.24) is 13.6 Å². The van der Waals surface area contributed by atoms with Crippen molar-refractivity contribution in [2.45, 2.75) is 33.1 Å². The van der Waals surface area contributed by atoms with E-state index in [1.54, 1.807) is 0 Å². The first kappa shape index (κ1) is 17.1. The Morgan fingerprint density at radius 3 is 2.88 bits per heavy atom. The molecule has 3 rings (SSSR count). The lowest BCUT2D eigenvalue weighted by molar-refractivity contribution is 0.310. The van der Waals surface area contributed by atoms with Gasteiger partial charge in [0.2, 0.25) is 0 Å². The van der Waals surface area contributed by atoms with Crippen LogP contribution in [0.25, 0.3) is 16.8 Å². The van der Waals surface area contributed by atoms with Crippen molar-refractivity contribution in [3.63, 3.8) is 0 Å². The highest BCUT2D eigenvalue weighted by atomic mass is 32.1. The van der Waals surface area contributed by atoms with Crippen molar-refractivity contribution in [2.24, 2.45) is 0 Å². The summed E-state index contributed by atoms with van der Waals surface area (Å²) in [4.78, 5) is 2.33. The number of nitrogens with zero attached hydrogens (tertiary/aromatic N) is 3. The Morgan fingerprint density at radius 1 is 1.25 bits per heavy atom. The minimum atomic E-state index is 0.741. The molecule has 0 unspecified atom stereocenters. The molecule has 0 bridgehead atoms. The van der Waals surface area contributed by atoms with Gasteiger partial charge in [-0.3, -0.25) is 0 Å². The highest BCUT2D eigenvalue weighted by Gasteiger charge is 2.20. The molecule has 0 fully saturated rings. The van der Waals surface area contributed by atoms with Gasteiger partial charge in [0.1, 0.15) is 17.1 Å². The smallest absolute Gasteiger partial charge is 0.129 e. The van der Waals surface area contributed by atoms with E-state index >= 15 is 0 Å². The maximum atomic E-state index is 6.05. The van der Waals surface area contributed by atoms with Crippen LogP contribution >= 0.6 is 11.7 Å². The SMILES string of the molecule is CCCCOc1cc(C)ccc1-c1nsnc1C1=CCCN(C)C1. The van der Waals surface area contributed by atoms with Gasteiger partial charge in [0.25, 0.3) is 0 Å². The van der Waals surface area contributed by atoms with Crippen LogP contribution in [0, 0.1) is 6.92 Å². The normalized spacial score (nSPS) is 15.4. The van der Waals surface area contributed by atoms with E-state index in [4.69, 9.17) is 4.74 Å². The van der Waals surface area contributed by atoms with Gasteiger partial charge in [-0.1, -0.05) is 25.5 Å². The van der Waals surface area contributed by atoms with Crippen molar-refractivity contribution in [3.8, 4) is 17.0 Å². The van der Waals surface area contributed by atoms with Gasteiger partial charge in [-0.2, -0.15) is 8.75 Å². The first-order valence-corrected chi connectivity index (χ1v) is 9.36. The van der Waals surface area contributed by atoms with Gasteiger partial charge in [0.05, 0.1) is 18.3 Å². The third-order valence-electron chi connectivity index (χ3n) is 4.28. The molecule has 1 aliphatic rings. The minimum absolute atomic E-state index is 0.741. The van der Waals surface area contributed by atoms with Crippen LogP contribution in [-0.4, -0.2) is 40.4 Å². The van der Waals surface area contributed by atoms with Crippen molar-refractivity contribution in [1.29, 1.82) is 0 Å². The Bertz CT molecular complexity index is 723. The summed E-state index contributed by atoms with van der Waals surface area (Å²) < 4.78 is 15.2. The molecule has 0 saturated carbocycles. The summed E-state index contributed by atoms with van der Waals surface area (Å²) in [5.74, 6) is 0.919. The van der Waals surface area contributed by atoms with Crippen molar-refractivity contribution < 1.29 is 4.74 Å². The summed E-state index contributed by atoms with van der Waals surface area (Å²) in [6, 6.07) is 6.34. The highest BCUT2D eigenvalue weighted by molar-refractivity contribution is 6.99. The van der Waals surface area contributed by atoms with Crippen LogP contribution in [0.5, 0.6) is 5.75 Å². The maximum Gasteiger partial charge on any atom is 0.129 e. The van der Waals surface area contributed by atoms with Gasteiger partial charge in [-0.15, -0.1) is 0 Å². The lowest BCUT2D eigenvalue weighted by Gasteiger charge is -2.22. The molecule has 0 radical (unpaired) electrons. The maximum absolute atomic E-state index is 6.05. The minimum Gasteiger partial charge on any atom is -0.493 e. The van der Waals surface area contributed by atoms with Crippen molar-refractivity contribution in [2.75, 3.05) is 26.7 Å². The van der Waals surface area contributed by atoms with Crippen LogP contribution in [0.4, 0.5) is 0 Å². The van der Waals surface area contributed by atoms with Gasteiger partial charge in [0, 0.05) is 18.7 Å². The number of aromatic nitrogens is 2. The number of unbranched alkanes of at least 4 members (excludes halogenated alkanes) is 1. The first-order chi connectivity index (χ1) is 11.7. The Balaban J connectivity index is 1.95. The van der Waals surface area contributed by atoms with E-state index in [0.29, 0.717) is 0 Å². The molecule has 5 heteroatoms. The molecular formula is C19H25N3OS. The van der Waals surface area contributed by atoms with E-state index in [1.165, 1.54) is 22.9 Å². The Morgan fingerprint density at radius 2 is 2.08 bits per heavy atom. The fourth-order valence-corrected chi connectivity index (χ4v) is 3.50. The number of ether oxygens (including phenoxy) is 1. The molecule has 0 atom stereocenters. The summed E-state index contributed by atoms with van der Waals surface area (Å²) >= 11 is 1.28. The van der Waals surface area contributed by atoms with Crippen LogP contribution < -0.4 is 4.74 Å². The van der Waals surface area contributed by atoms with Crippen LogP contribution in [-0.2, 0) is 0 Å². The summed E-state index contributed by atoms with van der Waals surface area (Å²) in [5.41, 5.74) is 5.48. The van der Waals surface area contributed by atoms with E-state index in [9.17, 15) is 0 Å². The van der Waals surface area contributed by atoms with Gasteiger partial charge >= 0.3 is 0 Å². The fourth-order valence-electron chi connectivity index (χ4n) is 2.91. The molecule has 0 saturated heterocycles. The van der Waals surface area contributed by atoms with Gasteiger partial charge in [-0.25, -0.2) is 0 Å². The Labute approximate surface area is 148 Å². The molecule has 1 aliphatic heterocycles. The monoisotopic (exact) mass is 343 g/mol. The Kier molecular flexibility index (Phi) is 5.63. The largest absolute Gasteiger partial charge is 0.493 e. The fraction of sp³-hybridized carbons (Fsp3) is 0.474. The van der Waals surface area contributed by atoms with E-state index in [1.807, 2.05) is 0 Å². The van der Waals surface area contributed by atoms with Crippen molar-refractivity contribution in [3.05, 3.63) is 35.5 Å². The molecule has 1 aromatic heterocycles. The quantitative estimate of drug-likeness (QED) is 0.728. The predicted octanol–water partition coefficient (Wildman–Crippen LogP) is 4.41. The number of hydrogen-bond acceptors (Lipinski definition) is 5. The highest BCUT2D eigenvalue weighted by Crippen LogP contribution is 2.35. The number of aryl methyl sites for hydroxylation is 1. The molecule has 0 N–H and O–H groups in total. The van der Waals surface area contributed by atoms with Crippen LogP contribution in [0.1, 0.15) is 37.4 Å². The zero-order valence-electron chi connectivity index (χ0n) is 14.7. The zero-order chi connectivity index (χ0) is 16.9. The summed E-state index contributed by atoms with van der Waals surface area (Å²) in [7, 11) is 2.15. The second kappa shape index (κ2) is 7.90. The molecule has 0 amide bonds. The van der Waals surface area contributed by atoms with E-state index in [0.717, 1.165) is 61.7 Å². The van der Waals surface area contributed by atoms with Gasteiger partial charge in [0.15, 0.2) is 0 Å². The summed E-state index contributed by atoms with van der Waals surface area (Å²) in [5, 5.41) is 0. The zero-order valence-corrected chi connectivity index (χ0v) is 15.5. The molecule has 2 heterocycles. The molecular weight excluding hydrogens is 318 g/mol. The molecule has 4 nitrogen and oxygen atoms in total. The number of likely N-dealkylation sites (N-methyl/N-ethyl adjacent to an activating group) is 1. The van der Waals surface area contributed by atoms with Gasteiger partial charge < -0.3 is 9.64 Å². The molecule has 2 aromatic rings. The lowest BCUT2D eigenvalue weighted by atomic mass is 10.0. The third kappa shape index (κ3) is 3.84. The number of rotatable bonds is 6. The molecule has 128 valence electrons. The average Bonchev–Trinajstić information content (AvgIpc) is 3.05. The van der Waals surface area contributed by atoms with Crippen LogP contribution in [0.15, 0.2) is 24.3 Å². The predicted molar refractivity (Wildman–Crippen MR) is 101 cm³/mol. The standard InChI is InChI=1S/C19H25N3OS/c1-4-5-11-23-17-12-14(2)8-9-16(17)19-18(20-24-21-19)15-7-6-10-22(3)13-15/h7-9,12H,4-6,10-11,13H2,1-3H3. The van der Waals surface area contributed by atoms with E-state index in [-0.39, 0.29) is 0 Å². The molecule has 0 aliphatic carbocycles. The Hall–Kier alpha value is -1.72. The second-order valence-corrected chi connectivity index (χ2v) is 6.95. The van der Waals surface area contributed by atoms with Crippen LogP contribution in [0.3, 0.4) is 0 Å². The average molecular weight is 343 g/mol. The summed E-state index contributed by atoms with van der Waals surface area (Å²) in [6.07, 6.45) is 5.55. The summed E-state index contributed by atoms with van der Waals surface area (Å²) in [6.45, 7) is 7.04. The van der Waals surface area contributed by atoms with Crippen LogP contribution in [0.2, 0.25) is 0 Å². The lowest BCUT2D eigenvalue weighted by Crippen LogP contribution is -2.25. The number of hydrogen-bond donors (Lipinski definition) is 0. The molecule has 1 aromatic carbocycles. The molecule has 24 heavy (non-hydrogen) atoms.